The average molecular weight is 214 g/mol. The summed E-state index contributed by atoms with van der Waals surface area (Å²) >= 11 is 0. The Bertz CT molecular complexity index is 368. The predicted octanol–water partition coefficient (Wildman–Crippen LogP) is -0.0394. The second kappa shape index (κ2) is 4.76. The molecule has 0 radical (unpaired) electrons. The van der Waals surface area contributed by atoms with E-state index in [4.69, 9.17) is 10.0 Å². The van der Waals surface area contributed by atoms with Crippen LogP contribution < -0.4 is 4.65 Å². The maximum absolute atomic E-state index is 12.8. The Kier molecular flexibility index (Phi) is 3.65. The molecule has 0 amide bonds. The van der Waals surface area contributed by atoms with Gasteiger partial charge in [0, 0.05) is 6.07 Å². The minimum absolute atomic E-state index is 0.0907. The zero-order valence-corrected chi connectivity index (χ0v) is 7.81. The van der Waals surface area contributed by atoms with Crippen molar-refractivity contribution >= 4 is 13.3 Å². The normalized spacial score (nSPS) is 9.60. The minimum atomic E-state index is -2.13. The van der Waals surface area contributed by atoms with Gasteiger partial charge in [0.15, 0.2) is 0 Å². The van der Waals surface area contributed by atoms with Crippen molar-refractivity contribution in [1.82, 2.24) is 0 Å². The summed E-state index contributed by atoms with van der Waals surface area (Å²) in [6.07, 6.45) is 0. The van der Waals surface area contributed by atoms with Crippen LogP contribution in [0.2, 0.25) is 0 Å². The Hall–Kier alpha value is -1.60. The van der Waals surface area contributed by atoms with Crippen LogP contribution in [-0.4, -0.2) is 30.4 Å². The molecule has 0 aliphatic rings. The summed E-state index contributed by atoms with van der Waals surface area (Å²) in [6.45, 7) is 0. The van der Waals surface area contributed by atoms with E-state index >= 15 is 0 Å². The van der Waals surface area contributed by atoms with Crippen LogP contribution in [0.5, 0.6) is 5.75 Å². The van der Waals surface area contributed by atoms with Crippen molar-refractivity contribution < 1.29 is 28.6 Å². The van der Waals surface area contributed by atoms with Gasteiger partial charge < -0.3 is 19.4 Å². The molecule has 5 nitrogen and oxygen atoms in total. The lowest BCUT2D eigenvalue weighted by atomic mass is 10.1. The van der Waals surface area contributed by atoms with Crippen molar-refractivity contribution in [3.8, 4) is 5.75 Å². The van der Waals surface area contributed by atoms with Crippen molar-refractivity contribution in [2.24, 2.45) is 0 Å². The Labute approximate surface area is 85.2 Å². The molecule has 0 spiro atoms. The fourth-order valence-corrected chi connectivity index (χ4v) is 0.986. The molecule has 80 valence electrons. The van der Waals surface area contributed by atoms with E-state index in [1.807, 2.05) is 0 Å². The van der Waals surface area contributed by atoms with E-state index < -0.39 is 19.1 Å². The molecule has 1 aromatic carbocycles. The molecule has 1 rings (SSSR count). The zero-order valence-electron chi connectivity index (χ0n) is 7.81. The van der Waals surface area contributed by atoms with Crippen LogP contribution >= 0.6 is 0 Å². The van der Waals surface area contributed by atoms with E-state index in [1.165, 1.54) is 0 Å². The van der Waals surface area contributed by atoms with Crippen molar-refractivity contribution in [3.05, 3.63) is 29.6 Å². The second-order valence-corrected chi connectivity index (χ2v) is 2.58. The van der Waals surface area contributed by atoms with Crippen LogP contribution in [0.3, 0.4) is 0 Å². The highest BCUT2D eigenvalue weighted by Crippen LogP contribution is 2.20. The first-order chi connectivity index (χ1) is 7.04. The number of carbonyl (C=O) groups is 1. The molecule has 0 heterocycles. The van der Waals surface area contributed by atoms with Gasteiger partial charge in [-0.25, -0.2) is 9.18 Å². The Morgan fingerprint density at radius 3 is 2.67 bits per heavy atom. The number of esters is 1. The number of carbonyl (C=O) groups excluding carboxylic acids is 1. The Morgan fingerprint density at radius 1 is 1.47 bits per heavy atom. The van der Waals surface area contributed by atoms with Gasteiger partial charge in [0.2, 0.25) is 0 Å². The van der Waals surface area contributed by atoms with Gasteiger partial charge in [0.05, 0.1) is 7.11 Å². The molecule has 7 heteroatoms. The van der Waals surface area contributed by atoms with Crippen LogP contribution in [0.1, 0.15) is 10.4 Å². The molecular weight excluding hydrogens is 206 g/mol. The summed E-state index contributed by atoms with van der Waals surface area (Å²) in [7, 11) is -0.986. The Morgan fingerprint density at radius 2 is 2.13 bits per heavy atom. The summed E-state index contributed by atoms with van der Waals surface area (Å²) < 4.78 is 21.6. The number of halogens is 1. The smallest absolute Gasteiger partial charge is 0.511 e. The molecule has 2 N–H and O–H groups in total. The molecule has 1 aromatic rings. The fourth-order valence-electron chi connectivity index (χ4n) is 0.986. The molecule has 15 heavy (non-hydrogen) atoms. The lowest BCUT2D eigenvalue weighted by molar-refractivity contribution is 0.0598. The summed E-state index contributed by atoms with van der Waals surface area (Å²) in [6, 6.07) is 3.01. The molecule has 0 unspecified atom stereocenters. The SMILES string of the molecule is COC(=O)c1ccc(F)cc1OB(O)O. The Balaban J connectivity index is 3.08. The molecule has 0 atom stereocenters. The van der Waals surface area contributed by atoms with Crippen molar-refractivity contribution in [2.75, 3.05) is 7.11 Å². The van der Waals surface area contributed by atoms with Crippen LogP contribution in [0.25, 0.3) is 0 Å². The highest BCUT2D eigenvalue weighted by atomic mass is 19.1. The highest BCUT2D eigenvalue weighted by molar-refractivity contribution is 6.34. The van der Waals surface area contributed by atoms with Gasteiger partial charge in [-0.3, -0.25) is 0 Å². The maximum Gasteiger partial charge on any atom is 0.707 e. The van der Waals surface area contributed by atoms with Gasteiger partial charge in [-0.2, -0.15) is 0 Å². The number of hydrogen-bond acceptors (Lipinski definition) is 5. The first kappa shape index (κ1) is 11.5. The molecule has 0 bridgehead atoms. The van der Waals surface area contributed by atoms with E-state index in [9.17, 15) is 9.18 Å². The summed E-state index contributed by atoms with van der Waals surface area (Å²) in [5, 5.41) is 17.1. The van der Waals surface area contributed by atoms with Crippen molar-refractivity contribution in [2.45, 2.75) is 0 Å². The van der Waals surface area contributed by atoms with E-state index in [1.54, 1.807) is 0 Å². The first-order valence-electron chi connectivity index (χ1n) is 3.95. The van der Waals surface area contributed by atoms with Gasteiger partial charge in [0.1, 0.15) is 17.1 Å². The molecule has 0 saturated heterocycles. The van der Waals surface area contributed by atoms with Crippen LogP contribution in [-0.2, 0) is 4.74 Å². The number of methoxy groups -OCH3 is 1. The molecule has 0 aromatic heterocycles. The summed E-state index contributed by atoms with van der Waals surface area (Å²) in [5.74, 6) is -1.72. The third-order valence-corrected chi connectivity index (χ3v) is 1.58. The highest BCUT2D eigenvalue weighted by Gasteiger charge is 2.19. The quantitative estimate of drug-likeness (QED) is 0.545. The number of rotatable bonds is 3. The molecule has 0 saturated carbocycles. The minimum Gasteiger partial charge on any atom is -0.511 e. The monoisotopic (exact) mass is 214 g/mol. The number of hydrogen-bond donors (Lipinski definition) is 2. The van der Waals surface area contributed by atoms with Crippen LogP contribution in [0, 0.1) is 5.82 Å². The van der Waals surface area contributed by atoms with Gasteiger partial charge in [0.25, 0.3) is 0 Å². The largest absolute Gasteiger partial charge is 0.707 e. The molecule has 0 fully saturated rings. The number of ether oxygens (including phenoxy) is 1. The predicted molar refractivity (Wildman–Crippen MR) is 48.6 cm³/mol. The van der Waals surface area contributed by atoms with E-state index in [0.29, 0.717) is 0 Å². The lowest BCUT2D eigenvalue weighted by Crippen LogP contribution is -2.22. The van der Waals surface area contributed by atoms with Crippen LogP contribution in [0.4, 0.5) is 4.39 Å². The third kappa shape index (κ3) is 2.93. The first-order valence-corrected chi connectivity index (χ1v) is 3.95. The van der Waals surface area contributed by atoms with E-state index in [-0.39, 0.29) is 11.3 Å². The van der Waals surface area contributed by atoms with E-state index in [0.717, 1.165) is 25.3 Å². The van der Waals surface area contributed by atoms with E-state index in [2.05, 4.69) is 9.39 Å². The van der Waals surface area contributed by atoms with Crippen molar-refractivity contribution in [3.63, 3.8) is 0 Å². The van der Waals surface area contributed by atoms with Gasteiger partial charge in [-0.1, -0.05) is 0 Å². The summed E-state index contributed by atoms with van der Waals surface area (Å²) in [5.41, 5.74) is -0.0907. The van der Waals surface area contributed by atoms with Crippen molar-refractivity contribution in [1.29, 1.82) is 0 Å². The second-order valence-electron chi connectivity index (χ2n) is 2.58. The molecule has 0 aliphatic carbocycles. The fraction of sp³-hybridized carbons (Fsp3) is 0.125. The third-order valence-electron chi connectivity index (χ3n) is 1.58. The van der Waals surface area contributed by atoms with Gasteiger partial charge >= 0.3 is 13.3 Å². The molecule has 0 aliphatic heterocycles. The van der Waals surface area contributed by atoms with Gasteiger partial charge in [-0.05, 0) is 12.1 Å². The maximum atomic E-state index is 12.8. The average Bonchev–Trinajstić information content (AvgIpc) is 2.16. The van der Waals surface area contributed by atoms with Gasteiger partial charge in [-0.15, -0.1) is 0 Å². The standard InChI is InChI=1S/C8H8BFO5/c1-14-8(11)6-3-2-5(10)4-7(6)15-9(12)13/h2-4,12-13H,1H3. The van der Waals surface area contributed by atoms with Crippen LogP contribution in [0.15, 0.2) is 18.2 Å². The number of benzene rings is 1. The summed E-state index contributed by atoms with van der Waals surface area (Å²) in [4.78, 5) is 11.1. The lowest BCUT2D eigenvalue weighted by Gasteiger charge is -2.09. The zero-order chi connectivity index (χ0) is 11.4. The topological polar surface area (TPSA) is 76.0 Å². The molecular formula is C8H8BFO5.